The molecule has 0 radical (unpaired) electrons. The number of anilines is 2. The van der Waals surface area contributed by atoms with Gasteiger partial charge < -0.3 is 10.6 Å². The van der Waals surface area contributed by atoms with Crippen LogP contribution < -0.4 is 16.2 Å². The highest BCUT2D eigenvalue weighted by Gasteiger charge is 2.18. The first-order chi connectivity index (χ1) is 16.8. The van der Waals surface area contributed by atoms with Crippen molar-refractivity contribution in [3.8, 4) is 5.69 Å². The lowest BCUT2D eigenvalue weighted by atomic mass is 10.0. The normalized spacial score (nSPS) is 11.0. The van der Waals surface area contributed by atoms with Gasteiger partial charge in [-0.25, -0.2) is 4.98 Å². The number of hydrogen-bond acceptors (Lipinski definition) is 5. The molecule has 1 aromatic heterocycles. The largest absolute Gasteiger partial charge is 0.326 e. The Labute approximate surface area is 207 Å². The summed E-state index contributed by atoms with van der Waals surface area (Å²) >= 11 is 1.21. The van der Waals surface area contributed by atoms with Crippen LogP contribution in [0.5, 0.6) is 0 Å². The zero-order chi connectivity index (χ0) is 24.9. The first-order valence-corrected chi connectivity index (χ1v) is 12.2. The van der Waals surface area contributed by atoms with E-state index in [1.54, 1.807) is 41.0 Å². The number of amides is 2. The van der Waals surface area contributed by atoms with E-state index in [0.29, 0.717) is 27.4 Å². The Morgan fingerprint density at radius 1 is 0.914 bits per heavy atom. The predicted octanol–water partition coefficient (Wildman–Crippen LogP) is 5.20. The van der Waals surface area contributed by atoms with E-state index < -0.39 is 0 Å². The Morgan fingerprint density at radius 3 is 2.23 bits per heavy atom. The molecule has 0 spiro atoms. The quantitative estimate of drug-likeness (QED) is 0.277. The molecule has 7 nitrogen and oxygen atoms in total. The molecule has 35 heavy (non-hydrogen) atoms. The van der Waals surface area contributed by atoms with Crippen molar-refractivity contribution in [2.24, 2.45) is 0 Å². The van der Waals surface area contributed by atoms with Crippen LogP contribution in [0.15, 0.2) is 82.7 Å². The fourth-order valence-electron chi connectivity index (χ4n) is 3.77. The molecule has 4 rings (SSSR count). The minimum Gasteiger partial charge on any atom is -0.326 e. The van der Waals surface area contributed by atoms with Gasteiger partial charge in [0.05, 0.1) is 22.3 Å². The summed E-state index contributed by atoms with van der Waals surface area (Å²) in [4.78, 5) is 42.2. The summed E-state index contributed by atoms with van der Waals surface area (Å²) in [5.74, 6) is -0.118. The summed E-state index contributed by atoms with van der Waals surface area (Å²) in [5, 5.41) is 6.52. The summed E-state index contributed by atoms with van der Waals surface area (Å²) in [6.07, 6.45) is 0. The Morgan fingerprint density at radius 2 is 1.54 bits per heavy atom. The molecule has 0 aliphatic carbocycles. The molecule has 178 valence electrons. The topological polar surface area (TPSA) is 93.1 Å². The number of hydrogen-bond donors (Lipinski definition) is 2. The van der Waals surface area contributed by atoms with E-state index in [4.69, 9.17) is 4.98 Å². The van der Waals surface area contributed by atoms with Gasteiger partial charge in [0.25, 0.3) is 5.56 Å². The van der Waals surface area contributed by atoms with E-state index in [1.165, 1.54) is 18.7 Å². The van der Waals surface area contributed by atoms with E-state index in [2.05, 4.69) is 24.5 Å². The van der Waals surface area contributed by atoms with Gasteiger partial charge in [0.2, 0.25) is 11.8 Å². The average Bonchev–Trinajstić information content (AvgIpc) is 2.84. The lowest BCUT2D eigenvalue weighted by molar-refractivity contribution is -0.114. The maximum absolute atomic E-state index is 13.5. The number of benzene rings is 3. The SMILES string of the molecule is CC(=O)Nc1ccc(NC(=O)CSc2nc3ccccc3c(=O)n2-c2ccccc2C(C)C)cc1. The van der Waals surface area contributed by atoms with Gasteiger partial charge in [0, 0.05) is 18.3 Å². The third kappa shape index (κ3) is 5.60. The minimum absolute atomic E-state index is 0.0715. The molecule has 1 heterocycles. The van der Waals surface area contributed by atoms with Crippen LogP contribution in [0.3, 0.4) is 0 Å². The van der Waals surface area contributed by atoms with E-state index in [9.17, 15) is 14.4 Å². The van der Waals surface area contributed by atoms with Crippen molar-refractivity contribution in [2.45, 2.75) is 31.8 Å². The van der Waals surface area contributed by atoms with Gasteiger partial charge in [0.15, 0.2) is 5.16 Å². The smallest absolute Gasteiger partial charge is 0.266 e. The Kier molecular flexibility index (Phi) is 7.31. The van der Waals surface area contributed by atoms with Gasteiger partial charge >= 0.3 is 0 Å². The molecule has 3 aromatic carbocycles. The van der Waals surface area contributed by atoms with E-state index in [-0.39, 0.29) is 29.0 Å². The number of para-hydroxylation sites is 2. The summed E-state index contributed by atoms with van der Waals surface area (Å²) in [6.45, 7) is 5.60. The maximum Gasteiger partial charge on any atom is 0.266 e. The summed E-state index contributed by atoms with van der Waals surface area (Å²) in [7, 11) is 0. The third-order valence-electron chi connectivity index (χ3n) is 5.37. The summed E-state index contributed by atoms with van der Waals surface area (Å²) in [5.41, 5.74) is 3.48. The summed E-state index contributed by atoms with van der Waals surface area (Å²) in [6, 6.07) is 21.9. The molecule has 0 aliphatic heterocycles. The van der Waals surface area contributed by atoms with Crippen molar-refractivity contribution in [3.63, 3.8) is 0 Å². The van der Waals surface area contributed by atoms with Crippen LogP contribution in [0.2, 0.25) is 0 Å². The van der Waals surface area contributed by atoms with Crippen LogP contribution in [0, 0.1) is 0 Å². The fourth-order valence-corrected chi connectivity index (χ4v) is 4.57. The Balaban J connectivity index is 1.63. The number of thioether (sulfide) groups is 1. The van der Waals surface area contributed by atoms with Gasteiger partial charge in [-0.05, 0) is 53.9 Å². The number of carbonyl (C=O) groups excluding carboxylic acids is 2. The number of aromatic nitrogens is 2. The lowest BCUT2D eigenvalue weighted by Crippen LogP contribution is -2.24. The van der Waals surface area contributed by atoms with E-state index in [1.807, 2.05) is 36.4 Å². The van der Waals surface area contributed by atoms with Crippen molar-refractivity contribution in [1.29, 1.82) is 0 Å². The second-order valence-corrected chi connectivity index (χ2v) is 9.30. The van der Waals surface area contributed by atoms with Gasteiger partial charge in [-0.15, -0.1) is 0 Å². The van der Waals surface area contributed by atoms with Gasteiger partial charge in [-0.3, -0.25) is 19.0 Å². The van der Waals surface area contributed by atoms with Crippen LogP contribution in [-0.4, -0.2) is 27.1 Å². The molecule has 0 aliphatic rings. The number of rotatable bonds is 7. The predicted molar refractivity (Wildman–Crippen MR) is 142 cm³/mol. The zero-order valence-corrected chi connectivity index (χ0v) is 20.6. The van der Waals surface area contributed by atoms with Crippen LogP contribution >= 0.6 is 11.8 Å². The first kappa shape index (κ1) is 24.2. The Bertz CT molecular complexity index is 1450. The summed E-state index contributed by atoms with van der Waals surface area (Å²) < 4.78 is 1.61. The second kappa shape index (κ2) is 10.6. The zero-order valence-electron chi connectivity index (χ0n) is 19.7. The van der Waals surface area contributed by atoms with Crippen LogP contribution in [0.4, 0.5) is 11.4 Å². The lowest BCUT2D eigenvalue weighted by Gasteiger charge is -2.18. The molecule has 4 aromatic rings. The molecule has 0 saturated carbocycles. The molecular weight excluding hydrogens is 460 g/mol. The second-order valence-electron chi connectivity index (χ2n) is 8.36. The molecule has 0 atom stereocenters. The molecule has 2 amide bonds. The molecule has 0 unspecified atom stereocenters. The highest BCUT2D eigenvalue weighted by atomic mass is 32.2. The monoisotopic (exact) mass is 486 g/mol. The third-order valence-corrected chi connectivity index (χ3v) is 6.30. The van der Waals surface area contributed by atoms with Crippen molar-refractivity contribution in [3.05, 3.63) is 88.7 Å². The molecule has 0 saturated heterocycles. The molecule has 0 bridgehead atoms. The van der Waals surface area contributed by atoms with Crippen molar-refractivity contribution in [2.75, 3.05) is 16.4 Å². The Hall–Kier alpha value is -3.91. The number of carbonyl (C=O) groups is 2. The van der Waals surface area contributed by atoms with Crippen LogP contribution in [0.25, 0.3) is 16.6 Å². The van der Waals surface area contributed by atoms with Gasteiger partial charge in [-0.1, -0.05) is 55.9 Å². The average molecular weight is 487 g/mol. The van der Waals surface area contributed by atoms with Crippen LogP contribution in [-0.2, 0) is 9.59 Å². The van der Waals surface area contributed by atoms with Gasteiger partial charge in [-0.2, -0.15) is 0 Å². The number of nitrogens with zero attached hydrogens (tertiary/aromatic N) is 2. The highest BCUT2D eigenvalue weighted by molar-refractivity contribution is 7.99. The first-order valence-electron chi connectivity index (χ1n) is 11.2. The molecular formula is C27H26N4O3S. The van der Waals surface area contributed by atoms with E-state index in [0.717, 1.165) is 11.3 Å². The van der Waals surface area contributed by atoms with Gasteiger partial charge in [0.1, 0.15) is 0 Å². The molecule has 8 heteroatoms. The molecule has 2 N–H and O–H groups in total. The highest BCUT2D eigenvalue weighted by Crippen LogP contribution is 2.27. The maximum atomic E-state index is 13.5. The molecule has 0 fully saturated rings. The minimum atomic E-state index is -0.228. The van der Waals surface area contributed by atoms with Crippen molar-refractivity contribution >= 4 is 45.9 Å². The van der Waals surface area contributed by atoms with Crippen molar-refractivity contribution in [1.82, 2.24) is 9.55 Å². The van der Waals surface area contributed by atoms with Crippen molar-refractivity contribution < 1.29 is 9.59 Å². The number of fused-ring (bicyclic) bond motifs is 1. The van der Waals surface area contributed by atoms with E-state index >= 15 is 0 Å². The standard InChI is InChI=1S/C27H26N4O3S/c1-17(2)21-8-5-7-11-24(21)31-26(34)22-9-4-6-10-23(22)30-27(31)35-16-25(33)29-20-14-12-19(13-15-20)28-18(3)32/h4-15,17H,16H2,1-3H3,(H,28,32)(H,29,33). The van der Waals surface area contributed by atoms with Crippen LogP contribution in [0.1, 0.15) is 32.3 Å². The number of nitrogens with one attached hydrogen (secondary N) is 2. The fraction of sp³-hybridized carbons (Fsp3) is 0.185.